The number of carbonyl (C=O) groups is 5. The lowest BCUT2D eigenvalue weighted by Crippen LogP contribution is -2.58. The highest BCUT2D eigenvalue weighted by atomic mass is 32.1. The van der Waals surface area contributed by atoms with E-state index in [1.807, 2.05) is 100 Å². The van der Waals surface area contributed by atoms with Crippen molar-refractivity contribution in [3.8, 4) is 0 Å². The second-order valence-corrected chi connectivity index (χ2v) is 18.0. The fourth-order valence-corrected chi connectivity index (χ4v) is 8.36. The second kappa shape index (κ2) is 22.3. The van der Waals surface area contributed by atoms with Crippen molar-refractivity contribution in [1.82, 2.24) is 25.4 Å². The van der Waals surface area contributed by atoms with E-state index in [4.69, 9.17) is 19.2 Å². The van der Waals surface area contributed by atoms with Gasteiger partial charge in [-0.1, -0.05) is 101 Å². The molecule has 328 valence electrons. The molecule has 1 unspecified atom stereocenters. The standard InChI is InChI=1S/C46H65N5O8S/c1-11-30(4)39(48-43(55)35-24-18-19-25-50(35)9)45(56)51(10)36(29(2)3)26-37(58-31(5)52)44-47-34(28-60-44)42(54)49-40(32-20-14-12-15-21-32)41(33-22-16-13-17-23-33)57-27-38(53)59-46(6,7)8/h12-17,20-23,28-30,35-37,39-41H,11,18-19,24-27H2,1-10H3,(H,48,55)(H,49,54)/t30-,35+,36?,37+,39-,40+,41-/m0/s1. The van der Waals surface area contributed by atoms with Crippen molar-refractivity contribution in [2.75, 3.05) is 27.2 Å². The predicted octanol–water partition coefficient (Wildman–Crippen LogP) is 7.21. The van der Waals surface area contributed by atoms with Crippen LogP contribution in [0.15, 0.2) is 66.0 Å². The van der Waals surface area contributed by atoms with Crippen LogP contribution < -0.4 is 10.6 Å². The quantitative estimate of drug-likeness (QED) is 0.118. The van der Waals surface area contributed by atoms with Gasteiger partial charge >= 0.3 is 11.9 Å². The summed E-state index contributed by atoms with van der Waals surface area (Å²) in [6, 6.07) is 16.5. The minimum Gasteiger partial charge on any atom is -0.458 e. The van der Waals surface area contributed by atoms with E-state index in [9.17, 15) is 24.0 Å². The first-order valence-electron chi connectivity index (χ1n) is 21.0. The van der Waals surface area contributed by atoms with Crippen LogP contribution in [0.3, 0.4) is 0 Å². The number of esters is 2. The monoisotopic (exact) mass is 847 g/mol. The Morgan fingerprint density at radius 1 is 0.950 bits per heavy atom. The zero-order valence-electron chi connectivity index (χ0n) is 36.9. The number of likely N-dealkylation sites (N-methyl/N-ethyl adjacent to an activating group) is 2. The third-order valence-electron chi connectivity index (χ3n) is 10.9. The van der Waals surface area contributed by atoms with Crippen molar-refractivity contribution in [3.63, 3.8) is 0 Å². The number of hydrogen-bond donors (Lipinski definition) is 2. The fraction of sp³-hybridized carbons (Fsp3) is 0.565. The van der Waals surface area contributed by atoms with Gasteiger partial charge < -0.3 is 29.7 Å². The third-order valence-corrected chi connectivity index (χ3v) is 11.9. The molecule has 2 N–H and O–H groups in total. The van der Waals surface area contributed by atoms with Crippen LogP contribution in [0.5, 0.6) is 0 Å². The van der Waals surface area contributed by atoms with Crippen molar-refractivity contribution in [2.45, 2.75) is 129 Å². The first-order chi connectivity index (χ1) is 28.4. The van der Waals surface area contributed by atoms with E-state index < -0.39 is 53.8 Å². The molecule has 3 aromatic rings. The Morgan fingerprint density at radius 3 is 2.15 bits per heavy atom. The van der Waals surface area contributed by atoms with Gasteiger partial charge in [-0.3, -0.25) is 24.1 Å². The number of benzene rings is 2. The number of ether oxygens (including phenoxy) is 3. The lowest BCUT2D eigenvalue weighted by atomic mass is 9.92. The number of hydrogen-bond acceptors (Lipinski definition) is 11. The fourth-order valence-electron chi connectivity index (χ4n) is 7.52. The molecule has 1 aliphatic rings. The molecule has 1 fully saturated rings. The van der Waals surface area contributed by atoms with Crippen LogP contribution in [0.2, 0.25) is 0 Å². The SMILES string of the molecule is CC[C@H](C)[C@H](NC(=O)[C@H]1CCCCN1C)C(=O)N(C)C(C[C@@H](OC(C)=O)c1nc(C(=O)N[C@H](c2ccccc2)[C@@H](OCC(=O)OC(C)(C)C)c2ccccc2)cs1)C(C)C. The molecule has 0 radical (unpaired) electrons. The average Bonchev–Trinajstić information content (AvgIpc) is 3.71. The predicted molar refractivity (Wildman–Crippen MR) is 232 cm³/mol. The number of amides is 3. The highest BCUT2D eigenvalue weighted by Crippen LogP contribution is 2.34. The van der Waals surface area contributed by atoms with E-state index in [1.54, 1.807) is 38.1 Å². The number of thiazole rings is 1. The van der Waals surface area contributed by atoms with Gasteiger partial charge in [0.25, 0.3) is 5.91 Å². The van der Waals surface area contributed by atoms with Gasteiger partial charge in [0, 0.05) is 31.8 Å². The Hall–Kier alpha value is -4.66. The van der Waals surface area contributed by atoms with E-state index in [0.717, 1.165) is 36.9 Å². The van der Waals surface area contributed by atoms with E-state index in [2.05, 4.69) is 10.6 Å². The molecule has 0 spiro atoms. The first-order valence-corrected chi connectivity index (χ1v) is 21.9. The summed E-state index contributed by atoms with van der Waals surface area (Å²) < 4.78 is 17.6. The molecule has 3 amide bonds. The average molecular weight is 848 g/mol. The molecule has 0 aliphatic carbocycles. The summed E-state index contributed by atoms with van der Waals surface area (Å²) in [5.74, 6) is -2.13. The minimum absolute atomic E-state index is 0.0697. The molecule has 0 saturated carbocycles. The molecule has 0 bridgehead atoms. The van der Waals surface area contributed by atoms with E-state index in [0.29, 0.717) is 11.4 Å². The van der Waals surface area contributed by atoms with Gasteiger partial charge in [0.05, 0.1) is 12.1 Å². The maximum absolute atomic E-state index is 14.3. The molecule has 2 aromatic carbocycles. The first kappa shape index (κ1) is 48.0. The number of carbonyl (C=O) groups excluding carboxylic acids is 5. The molecule has 13 nitrogen and oxygen atoms in total. The van der Waals surface area contributed by atoms with Gasteiger partial charge in [-0.2, -0.15) is 0 Å². The number of likely N-dealkylation sites (tertiary alicyclic amines) is 1. The third kappa shape index (κ3) is 13.7. The molecule has 1 aromatic heterocycles. The van der Waals surface area contributed by atoms with Crippen LogP contribution >= 0.6 is 11.3 Å². The van der Waals surface area contributed by atoms with Crippen molar-refractivity contribution in [3.05, 3.63) is 87.9 Å². The second-order valence-electron chi connectivity index (χ2n) is 17.1. The number of aromatic nitrogens is 1. The summed E-state index contributed by atoms with van der Waals surface area (Å²) >= 11 is 1.18. The van der Waals surface area contributed by atoms with Crippen LogP contribution in [0, 0.1) is 11.8 Å². The molecule has 1 aliphatic heterocycles. The Kier molecular flexibility index (Phi) is 17.8. The van der Waals surface area contributed by atoms with Crippen LogP contribution in [0.1, 0.15) is 132 Å². The molecule has 2 heterocycles. The molecular formula is C46H65N5O8S. The highest BCUT2D eigenvalue weighted by molar-refractivity contribution is 7.09. The maximum atomic E-state index is 14.3. The van der Waals surface area contributed by atoms with Gasteiger partial charge in [-0.25, -0.2) is 9.78 Å². The molecule has 4 rings (SSSR count). The molecular weight excluding hydrogens is 783 g/mol. The topological polar surface area (TPSA) is 156 Å². The summed E-state index contributed by atoms with van der Waals surface area (Å²) in [5, 5.41) is 8.21. The number of rotatable bonds is 19. The van der Waals surface area contributed by atoms with Gasteiger partial charge in [0.15, 0.2) is 6.10 Å². The molecule has 1 saturated heterocycles. The summed E-state index contributed by atoms with van der Waals surface area (Å²) in [6.07, 6.45) is 1.98. The Labute approximate surface area is 359 Å². The summed E-state index contributed by atoms with van der Waals surface area (Å²) in [5.41, 5.74) is 0.868. The van der Waals surface area contributed by atoms with Gasteiger partial charge in [-0.05, 0) is 70.2 Å². The lowest BCUT2D eigenvalue weighted by Gasteiger charge is -2.38. The van der Waals surface area contributed by atoms with Crippen LogP contribution in [0.4, 0.5) is 0 Å². The van der Waals surface area contributed by atoms with Crippen molar-refractivity contribution < 1.29 is 38.2 Å². The smallest absolute Gasteiger partial charge is 0.332 e. The highest BCUT2D eigenvalue weighted by Gasteiger charge is 2.38. The summed E-state index contributed by atoms with van der Waals surface area (Å²) in [4.78, 5) is 75.8. The van der Waals surface area contributed by atoms with E-state index in [-0.39, 0.29) is 48.4 Å². The van der Waals surface area contributed by atoms with Crippen LogP contribution in [-0.4, -0.2) is 95.4 Å². The van der Waals surface area contributed by atoms with Crippen LogP contribution in [0.25, 0.3) is 0 Å². The summed E-state index contributed by atoms with van der Waals surface area (Å²) in [6.45, 7) is 15.1. The Morgan fingerprint density at radius 2 is 1.58 bits per heavy atom. The zero-order chi connectivity index (χ0) is 44.1. The zero-order valence-corrected chi connectivity index (χ0v) is 37.8. The largest absolute Gasteiger partial charge is 0.458 e. The number of nitrogens with one attached hydrogen (secondary N) is 2. The molecule has 60 heavy (non-hydrogen) atoms. The molecule has 7 atom stereocenters. The van der Waals surface area contributed by atoms with Crippen molar-refractivity contribution in [2.24, 2.45) is 11.8 Å². The normalized spacial score (nSPS) is 17.7. The minimum atomic E-state index is -0.872. The van der Waals surface area contributed by atoms with E-state index >= 15 is 0 Å². The Bertz CT molecular complexity index is 1870. The lowest BCUT2D eigenvalue weighted by molar-refractivity contribution is -0.163. The number of piperidine rings is 1. The molecule has 14 heteroatoms. The Balaban J connectivity index is 1.59. The van der Waals surface area contributed by atoms with Gasteiger partial charge in [0.1, 0.15) is 35.1 Å². The van der Waals surface area contributed by atoms with E-state index in [1.165, 1.54) is 18.3 Å². The summed E-state index contributed by atoms with van der Waals surface area (Å²) in [7, 11) is 3.67. The van der Waals surface area contributed by atoms with Crippen molar-refractivity contribution in [1.29, 1.82) is 0 Å². The van der Waals surface area contributed by atoms with Gasteiger partial charge in [0.2, 0.25) is 11.8 Å². The number of nitrogens with zero attached hydrogens (tertiary/aromatic N) is 3. The van der Waals surface area contributed by atoms with Gasteiger partial charge in [-0.15, -0.1) is 11.3 Å². The van der Waals surface area contributed by atoms with Crippen LogP contribution in [-0.2, 0) is 33.4 Å². The maximum Gasteiger partial charge on any atom is 0.332 e. The van der Waals surface area contributed by atoms with Crippen molar-refractivity contribution >= 4 is 41.0 Å².